The third-order valence-corrected chi connectivity index (χ3v) is 1.91. The third-order valence-electron chi connectivity index (χ3n) is 1.31. The van der Waals surface area contributed by atoms with Crippen molar-refractivity contribution in [3.8, 4) is 0 Å². The van der Waals surface area contributed by atoms with Gasteiger partial charge in [0.05, 0.1) is 12.2 Å². The Kier molecular flexibility index (Phi) is 3.36. The Hall–Kier alpha value is -0.970. The number of nitrogens with zero attached hydrogens (tertiary/aromatic N) is 1. The smallest absolute Gasteiger partial charge is 0.340 e. The summed E-state index contributed by atoms with van der Waals surface area (Å²) in [5.41, 5.74) is 0.225. The monoisotopic (exact) mass is 247 g/mol. The quantitative estimate of drug-likeness (QED) is 0.594. The average molecular weight is 248 g/mol. The molecule has 13 heavy (non-hydrogen) atoms. The van der Waals surface area contributed by atoms with E-state index in [-0.39, 0.29) is 16.8 Å². The summed E-state index contributed by atoms with van der Waals surface area (Å²) in [5.74, 6) is -1.15. The van der Waals surface area contributed by atoms with E-state index in [0.29, 0.717) is 0 Å². The zero-order valence-corrected chi connectivity index (χ0v) is 8.47. The highest BCUT2D eigenvalue weighted by Gasteiger charge is 2.12. The van der Waals surface area contributed by atoms with Crippen molar-refractivity contribution in [1.29, 1.82) is 0 Å². The molecule has 0 radical (unpaired) electrons. The van der Waals surface area contributed by atoms with Crippen LogP contribution in [-0.4, -0.2) is 17.6 Å². The minimum atomic E-state index is -0.639. The first-order chi connectivity index (χ1) is 6.15. The van der Waals surface area contributed by atoms with E-state index in [2.05, 4.69) is 20.9 Å². The minimum absolute atomic E-state index is 0.158. The number of halogens is 2. The topological polar surface area (TPSA) is 39.2 Å². The molecule has 0 aliphatic carbocycles. The van der Waals surface area contributed by atoms with Crippen molar-refractivity contribution in [2.24, 2.45) is 0 Å². The van der Waals surface area contributed by atoms with Crippen LogP contribution >= 0.6 is 15.9 Å². The second-order valence-corrected chi connectivity index (χ2v) is 2.94. The minimum Gasteiger partial charge on any atom is -0.462 e. The summed E-state index contributed by atoms with van der Waals surface area (Å²) in [7, 11) is 0. The van der Waals surface area contributed by atoms with Gasteiger partial charge < -0.3 is 4.74 Å². The highest BCUT2D eigenvalue weighted by molar-refractivity contribution is 9.10. The van der Waals surface area contributed by atoms with E-state index < -0.39 is 11.9 Å². The van der Waals surface area contributed by atoms with E-state index in [9.17, 15) is 9.18 Å². The van der Waals surface area contributed by atoms with Gasteiger partial charge in [0, 0.05) is 0 Å². The molecule has 0 saturated heterocycles. The highest BCUT2D eigenvalue weighted by Crippen LogP contribution is 2.15. The maximum absolute atomic E-state index is 12.5. The molecule has 0 aliphatic rings. The third kappa shape index (κ3) is 2.48. The predicted molar refractivity (Wildman–Crippen MR) is 47.9 cm³/mol. The Labute approximate surface area is 83.1 Å². The maximum Gasteiger partial charge on any atom is 0.340 e. The molecular weight excluding hydrogens is 241 g/mol. The van der Waals surface area contributed by atoms with Crippen molar-refractivity contribution < 1.29 is 13.9 Å². The van der Waals surface area contributed by atoms with Gasteiger partial charge in [-0.25, -0.2) is 9.78 Å². The van der Waals surface area contributed by atoms with Gasteiger partial charge in [0.2, 0.25) is 5.95 Å². The van der Waals surface area contributed by atoms with Gasteiger partial charge in [-0.15, -0.1) is 0 Å². The standard InChI is InChI=1S/C8H7BrFNO2/c1-2-13-8(12)5-3-4-6(10)11-7(5)9/h3-4H,2H2,1H3. The van der Waals surface area contributed by atoms with Crippen molar-refractivity contribution in [3.63, 3.8) is 0 Å². The van der Waals surface area contributed by atoms with E-state index in [1.807, 2.05) is 0 Å². The van der Waals surface area contributed by atoms with Gasteiger partial charge in [-0.05, 0) is 35.0 Å². The molecule has 1 aromatic heterocycles. The zero-order valence-electron chi connectivity index (χ0n) is 6.88. The number of aromatic nitrogens is 1. The fourth-order valence-corrected chi connectivity index (χ4v) is 1.24. The van der Waals surface area contributed by atoms with Crippen molar-refractivity contribution in [2.45, 2.75) is 6.92 Å². The maximum atomic E-state index is 12.5. The van der Waals surface area contributed by atoms with Crippen LogP contribution in [0.5, 0.6) is 0 Å². The fraction of sp³-hybridized carbons (Fsp3) is 0.250. The summed E-state index contributed by atoms with van der Waals surface area (Å²) >= 11 is 2.97. The van der Waals surface area contributed by atoms with E-state index >= 15 is 0 Å². The Balaban J connectivity index is 2.95. The van der Waals surface area contributed by atoms with Crippen molar-refractivity contribution in [2.75, 3.05) is 6.61 Å². The Morgan fingerprint density at radius 3 is 2.92 bits per heavy atom. The molecule has 1 rings (SSSR count). The Morgan fingerprint density at radius 1 is 1.69 bits per heavy atom. The number of carbonyl (C=O) groups excluding carboxylic acids is 1. The van der Waals surface area contributed by atoms with E-state index in [1.165, 1.54) is 6.07 Å². The molecule has 1 heterocycles. The second-order valence-electron chi connectivity index (χ2n) is 2.19. The van der Waals surface area contributed by atoms with Gasteiger partial charge in [-0.2, -0.15) is 4.39 Å². The zero-order chi connectivity index (χ0) is 9.84. The normalized spacial score (nSPS) is 9.77. The summed E-state index contributed by atoms with van der Waals surface area (Å²) in [6, 6.07) is 2.43. The molecule has 0 amide bonds. The van der Waals surface area contributed by atoms with Crippen LogP contribution in [0.25, 0.3) is 0 Å². The summed E-state index contributed by atoms with van der Waals surface area (Å²) in [5, 5.41) is 0. The number of carbonyl (C=O) groups is 1. The Bertz CT molecular complexity index is 330. The summed E-state index contributed by atoms with van der Waals surface area (Å²) in [6.45, 7) is 1.98. The Morgan fingerprint density at radius 2 is 2.38 bits per heavy atom. The van der Waals surface area contributed by atoms with Gasteiger partial charge in [0.25, 0.3) is 0 Å². The lowest BCUT2D eigenvalue weighted by atomic mass is 10.3. The summed E-state index contributed by atoms with van der Waals surface area (Å²) < 4.78 is 17.4. The van der Waals surface area contributed by atoms with Crippen LogP contribution in [-0.2, 0) is 4.74 Å². The van der Waals surface area contributed by atoms with Crippen LogP contribution in [0.15, 0.2) is 16.7 Å². The lowest BCUT2D eigenvalue weighted by molar-refractivity contribution is 0.0524. The largest absolute Gasteiger partial charge is 0.462 e. The molecule has 0 unspecified atom stereocenters. The molecule has 0 bridgehead atoms. The average Bonchev–Trinajstić information content (AvgIpc) is 2.04. The summed E-state index contributed by atoms with van der Waals surface area (Å²) in [4.78, 5) is 14.6. The van der Waals surface area contributed by atoms with Gasteiger partial charge >= 0.3 is 5.97 Å². The lowest BCUT2D eigenvalue weighted by Gasteiger charge is -2.02. The van der Waals surface area contributed by atoms with Crippen LogP contribution in [0.1, 0.15) is 17.3 Å². The molecule has 70 valence electrons. The number of hydrogen-bond acceptors (Lipinski definition) is 3. The van der Waals surface area contributed by atoms with E-state index in [1.54, 1.807) is 6.92 Å². The molecule has 0 aliphatic heterocycles. The van der Waals surface area contributed by atoms with Crippen molar-refractivity contribution >= 4 is 21.9 Å². The lowest BCUT2D eigenvalue weighted by Crippen LogP contribution is -2.06. The predicted octanol–water partition coefficient (Wildman–Crippen LogP) is 2.16. The van der Waals surface area contributed by atoms with Crippen molar-refractivity contribution in [1.82, 2.24) is 4.98 Å². The van der Waals surface area contributed by atoms with Gasteiger partial charge in [-0.3, -0.25) is 0 Å². The molecule has 0 fully saturated rings. The van der Waals surface area contributed by atoms with Crippen LogP contribution in [0.3, 0.4) is 0 Å². The van der Waals surface area contributed by atoms with Crippen LogP contribution < -0.4 is 0 Å². The van der Waals surface area contributed by atoms with Gasteiger partial charge in [0.1, 0.15) is 4.60 Å². The number of esters is 1. The van der Waals surface area contributed by atoms with Crippen LogP contribution in [0.2, 0.25) is 0 Å². The molecule has 0 saturated carbocycles. The molecule has 0 spiro atoms. The first kappa shape index (κ1) is 10.1. The van der Waals surface area contributed by atoms with Gasteiger partial charge in [0.15, 0.2) is 0 Å². The number of ether oxygens (including phenoxy) is 1. The number of hydrogen-bond donors (Lipinski definition) is 0. The molecule has 0 aromatic carbocycles. The van der Waals surface area contributed by atoms with E-state index in [4.69, 9.17) is 4.74 Å². The SMILES string of the molecule is CCOC(=O)c1ccc(F)nc1Br. The van der Waals surface area contributed by atoms with E-state index in [0.717, 1.165) is 6.07 Å². The molecule has 1 aromatic rings. The molecule has 0 N–H and O–H groups in total. The molecule has 5 heteroatoms. The highest BCUT2D eigenvalue weighted by atomic mass is 79.9. The molecule has 3 nitrogen and oxygen atoms in total. The first-order valence-electron chi connectivity index (χ1n) is 3.64. The summed E-state index contributed by atoms with van der Waals surface area (Å²) in [6.07, 6.45) is 0. The van der Waals surface area contributed by atoms with Gasteiger partial charge in [-0.1, -0.05) is 0 Å². The molecular formula is C8H7BrFNO2. The first-order valence-corrected chi connectivity index (χ1v) is 4.43. The van der Waals surface area contributed by atoms with Crippen LogP contribution in [0, 0.1) is 5.95 Å². The number of pyridine rings is 1. The van der Waals surface area contributed by atoms with Crippen molar-refractivity contribution in [3.05, 3.63) is 28.2 Å². The fourth-order valence-electron chi connectivity index (χ4n) is 0.773. The van der Waals surface area contributed by atoms with Crippen LogP contribution in [0.4, 0.5) is 4.39 Å². The number of rotatable bonds is 2. The second kappa shape index (κ2) is 4.32. The molecule has 0 atom stereocenters.